The molecule has 1 nitrogen and oxygen atoms in total. The maximum absolute atomic E-state index is 9.64. The van der Waals surface area contributed by atoms with Crippen LogP contribution < -0.4 is 0 Å². The molecule has 53 heavy (non-hydrogen) atoms. The van der Waals surface area contributed by atoms with Gasteiger partial charge < -0.3 is 4.42 Å². The molecule has 1 heterocycles. The minimum Gasteiger partial charge on any atom is -0.456 e. The van der Waals surface area contributed by atoms with E-state index >= 15 is 0 Å². The third-order valence-electron chi connectivity index (χ3n) is 10.00. The van der Waals surface area contributed by atoms with E-state index in [1.807, 2.05) is 78.9 Å². The summed E-state index contributed by atoms with van der Waals surface area (Å²) in [6.07, 6.45) is 0. The second-order valence-corrected chi connectivity index (χ2v) is 13.0. The summed E-state index contributed by atoms with van der Waals surface area (Å²) in [5, 5.41) is 4.82. The quantitative estimate of drug-likeness (QED) is 0.168. The van der Waals surface area contributed by atoms with Crippen LogP contribution in [-0.4, -0.2) is 0 Å². The van der Waals surface area contributed by atoms with Crippen LogP contribution >= 0.6 is 0 Å². The average molecular weight is 686 g/mol. The van der Waals surface area contributed by atoms with E-state index in [1.54, 1.807) is 36.4 Å². The van der Waals surface area contributed by atoms with Gasteiger partial charge in [-0.3, -0.25) is 0 Å². The molecule has 11 aromatic rings. The molecule has 0 N–H and O–H groups in total. The Bertz CT molecular complexity index is 3960. The van der Waals surface area contributed by atoms with Crippen LogP contribution in [0, 0.1) is 0 Å². The summed E-state index contributed by atoms with van der Waals surface area (Å²) in [6, 6.07) is 31.1. The molecule has 10 aromatic carbocycles. The summed E-state index contributed by atoms with van der Waals surface area (Å²) in [6.45, 7) is 0. The smallest absolute Gasteiger partial charge is 0.135 e. The Morgan fingerprint density at radius 1 is 0.321 bits per heavy atom. The van der Waals surface area contributed by atoms with Crippen molar-refractivity contribution in [3.63, 3.8) is 0 Å². The first-order valence-electron chi connectivity index (χ1n) is 23.7. The van der Waals surface area contributed by atoms with Gasteiger partial charge in [-0.15, -0.1) is 0 Å². The lowest BCUT2D eigenvalue weighted by Crippen LogP contribution is -1.90. The van der Waals surface area contributed by atoms with Crippen molar-refractivity contribution in [2.45, 2.75) is 0 Å². The molecule has 0 radical (unpaired) electrons. The van der Waals surface area contributed by atoms with Crippen molar-refractivity contribution >= 4 is 65.0 Å². The van der Waals surface area contributed by atoms with E-state index in [0.29, 0.717) is 22.1 Å². The molecule has 0 unspecified atom stereocenters. The van der Waals surface area contributed by atoms with Crippen molar-refractivity contribution < 1.29 is 22.2 Å². The Hall–Kier alpha value is -6.96. The van der Waals surface area contributed by atoms with Crippen molar-refractivity contribution in [3.8, 4) is 44.5 Å². The van der Waals surface area contributed by atoms with Gasteiger partial charge in [-0.2, -0.15) is 0 Å². The third kappa shape index (κ3) is 4.86. The van der Waals surface area contributed by atoms with Gasteiger partial charge in [0.1, 0.15) is 11.2 Å². The molecule has 1 heteroatoms. The molecule has 0 aliphatic rings. The van der Waals surface area contributed by atoms with E-state index in [4.69, 9.17) is 16.8 Å². The number of fused-ring (bicyclic) bond motifs is 7. The van der Waals surface area contributed by atoms with Gasteiger partial charge in [0, 0.05) is 10.8 Å². The minimum absolute atomic E-state index is 0.00884. The first-order valence-corrected chi connectivity index (χ1v) is 17.2. The molecule has 0 saturated heterocycles. The highest BCUT2D eigenvalue weighted by Crippen LogP contribution is 2.43. The van der Waals surface area contributed by atoms with Gasteiger partial charge in [-0.1, -0.05) is 151 Å². The van der Waals surface area contributed by atoms with E-state index in [1.165, 1.54) is 0 Å². The van der Waals surface area contributed by atoms with Crippen LogP contribution in [0.4, 0.5) is 0 Å². The van der Waals surface area contributed by atoms with Crippen LogP contribution in [0.25, 0.3) is 110 Å². The molecule has 246 valence electrons. The zero-order chi connectivity index (χ0) is 46.2. The van der Waals surface area contributed by atoms with Crippen LogP contribution in [0.5, 0.6) is 0 Å². The summed E-state index contributed by atoms with van der Waals surface area (Å²) in [4.78, 5) is 0. The highest BCUT2D eigenvalue weighted by Gasteiger charge is 2.16. The molecule has 0 atom stereocenters. The maximum atomic E-state index is 9.64. The number of rotatable bonds is 4. The fourth-order valence-electron chi connectivity index (χ4n) is 7.45. The Morgan fingerprint density at radius 3 is 1.70 bits per heavy atom. The van der Waals surface area contributed by atoms with Crippen LogP contribution in [0.3, 0.4) is 0 Å². The van der Waals surface area contributed by atoms with Crippen LogP contribution in [0.15, 0.2) is 198 Å². The van der Waals surface area contributed by atoms with Crippen molar-refractivity contribution in [2.24, 2.45) is 0 Å². The molecule has 0 amide bonds. The standard InChI is InChI=1S/C52H32O/c1-2-10-33(11-3-1)38-22-26-51-49(31-38)50-32-40(23-27-52(50)53-51)39-21-20-35-16-9-19-43(46(35)28-39)45-25-24-44(42-18-8-15-34-12-6-7-17-41(34)42)47-29-36-13-4-5-14-37(36)30-48(45)47/h1-32H/i6D,7D,8D,12D,15D,17D,18D,22D,23D,26D,27D,31D,32D. The molecule has 1 aromatic heterocycles. The number of hydrogen-bond acceptors (Lipinski definition) is 1. The van der Waals surface area contributed by atoms with Crippen molar-refractivity contribution in [1.82, 2.24) is 0 Å². The van der Waals surface area contributed by atoms with E-state index in [2.05, 4.69) is 0 Å². The lowest BCUT2D eigenvalue weighted by atomic mass is 9.87. The summed E-state index contributed by atoms with van der Waals surface area (Å²) in [5.74, 6) is 0. The lowest BCUT2D eigenvalue weighted by Gasteiger charge is -2.17. The van der Waals surface area contributed by atoms with Crippen molar-refractivity contribution in [1.29, 1.82) is 0 Å². The van der Waals surface area contributed by atoms with Gasteiger partial charge >= 0.3 is 0 Å². The topological polar surface area (TPSA) is 13.1 Å². The molecule has 0 saturated carbocycles. The third-order valence-corrected chi connectivity index (χ3v) is 10.00. The molecular formula is C52H32O. The summed E-state index contributed by atoms with van der Waals surface area (Å²) in [5.41, 5.74) is 3.23. The first kappa shape index (κ1) is 19.6. The fourth-order valence-corrected chi connectivity index (χ4v) is 7.45. The zero-order valence-electron chi connectivity index (χ0n) is 40.9. The average Bonchev–Trinajstić information content (AvgIpc) is 3.74. The van der Waals surface area contributed by atoms with E-state index in [9.17, 15) is 5.48 Å². The fraction of sp³-hybridized carbons (Fsp3) is 0. The largest absolute Gasteiger partial charge is 0.456 e. The monoisotopic (exact) mass is 685 g/mol. The number of benzene rings is 10. The van der Waals surface area contributed by atoms with Crippen LogP contribution in [0.2, 0.25) is 0 Å². The zero-order valence-corrected chi connectivity index (χ0v) is 27.9. The normalized spacial score (nSPS) is 15.2. The van der Waals surface area contributed by atoms with Gasteiger partial charge in [-0.25, -0.2) is 0 Å². The van der Waals surface area contributed by atoms with E-state index in [-0.39, 0.29) is 91.7 Å². The first-order chi connectivity index (χ1) is 31.7. The molecule has 0 aliphatic heterocycles. The van der Waals surface area contributed by atoms with Gasteiger partial charge in [0.2, 0.25) is 0 Å². The Morgan fingerprint density at radius 2 is 0.943 bits per heavy atom. The number of hydrogen-bond donors (Lipinski definition) is 0. The summed E-state index contributed by atoms with van der Waals surface area (Å²) in [7, 11) is 0. The minimum atomic E-state index is -0.527. The number of furan rings is 1. The van der Waals surface area contributed by atoms with Gasteiger partial charge in [0.15, 0.2) is 0 Å². The van der Waals surface area contributed by atoms with E-state index < -0.39 is 36.3 Å². The Balaban J connectivity index is 1.18. The summed E-state index contributed by atoms with van der Waals surface area (Å²) < 4.78 is 122. The molecule has 0 aliphatic carbocycles. The highest BCUT2D eigenvalue weighted by molar-refractivity contribution is 6.16. The summed E-state index contributed by atoms with van der Waals surface area (Å²) >= 11 is 0. The predicted molar refractivity (Wildman–Crippen MR) is 225 cm³/mol. The highest BCUT2D eigenvalue weighted by atomic mass is 16.3. The van der Waals surface area contributed by atoms with Crippen molar-refractivity contribution in [3.05, 3.63) is 194 Å². The second-order valence-electron chi connectivity index (χ2n) is 13.0. The van der Waals surface area contributed by atoms with Crippen molar-refractivity contribution in [2.75, 3.05) is 0 Å². The predicted octanol–water partition coefficient (Wildman–Crippen LogP) is 14.9. The second kappa shape index (κ2) is 11.8. The van der Waals surface area contributed by atoms with Crippen LogP contribution in [0.1, 0.15) is 17.8 Å². The molecule has 0 spiro atoms. The Labute approximate surface area is 325 Å². The molecule has 0 fully saturated rings. The van der Waals surface area contributed by atoms with Gasteiger partial charge in [-0.05, 0) is 130 Å². The van der Waals surface area contributed by atoms with Gasteiger partial charge in [0.25, 0.3) is 0 Å². The lowest BCUT2D eigenvalue weighted by molar-refractivity contribution is 0.669. The molecule has 0 bridgehead atoms. The van der Waals surface area contributed by atoms with Crippen LogP contribution in [-0.2, 0) is 0 Å². The Kier molecular flexibility index (Phi) is 4.36. The molecule has 11 rings (SSSR count). The van der Waals surface area contributed by atoms with E-state index in [0.717, 1.165) is 38.1 Å². The molecular weight excluding hydrogens is 641 g/mol. The maximum Gasteiger partial charge on any atom is 0.135 e. The SMILES string of the molecule is [2H]c1c(-c2ccccc2)c([2H])c2c(oc3c([2H])c([2H])c(-c4ccc5cccc(-c6ccc(-c7c([2H])c([2H])c([2H])c8c([2H])c([2H])c([2H])c([2H])c78)c7cc8ccccc8cc67)c5c4)c([2H])c32)c1[2H]. The van der Waals surface area contributed by atoms with Gasteiger partial charge in [0.05, 0.1) is 17.8 Å².